The summed E-state index contributed by atoms with van der Waals surface area (Å²) in [6.45, 7) is 4.49. The molecule has 9 heteroatoms. The third kappa shape index (κ3) is 4.80. The van der Waals surface area contributed by atoms with Gasteiger partial charge in [0.25, 0.3) is 17.5 Å². The Hall–Kier alpha value is -3.33. The van der Waals surface area contributed by atoms with Gasteiger partial charge in [-0.2, -0.15) is 0 Å². The van der Waals surface area contributed by atoms with Crippen LogP contribution in [0.1, 0.15) is 31.8 Å². The molecule has 158 valence electrons. The van der Waals surface area contributed by atoms with Crippen LogP contribution in [0.2, 0.25) is 0 Å². The number of nitro benzene ring substituents is 1. The molecule has 1 N–H and O–H groups in total. The Morgan fingerprint density at radius 1 is 1.10 bits per heavy atom. The third-order valence-corrected chi connectivity index (χ3v) is 5.22. The minimum Gasteiger partial charge on any atom is -0.348 e. The van der Waals surface area contributed by atoms with E-state index in [2.05, 4.69) is 10.2 Å². The molecule has 2 amide bonds. The summed E-state index contributed by atoms with van der Waals surface area (Å²) >= 11 is 0. The predicted molar refractivity (Wildman–Crippen MR) is 109 cm³/mol. The maximum Gasteiger partial charge on any atom is 0.276 e. The van der Waals surface area contributed by atoms with Crippen molar-refractivity contribution in [3.8, 4) is 0 Å². The van der Waals surface area contributed by atoms with Gasteiger partial charge in [-0.1, -0.05) is 12.1 Å². The number of piperazine rings is 1. The van der Waals surface area contributed by atoms with Gasteiger partial charge in [-0.25, -0.2) is 4.39 Å². The highest BCUT2D eigenvalue weighted by Crippen LogP contribution is 2.22. The number of halogens is 1. The van der Waals surface area contributed by atoms with Crippen molar-refractivity contribution in [1.82, 2.24) is 15.1 Å². The molecule has 0 spiro atoms. The zero-order valence-corrected chi connectivity index (χ0v) is 16.9. The number of nitrogens with one attached hydrogen (secondary N) is 1. The molecule has 1 aliphatic heterocycles. The second kappa shape index (κ2) is 9.00. The first kappa shape index (κ1) is 21.4. The predicted octanol–water partition coefficient (Wildman–Crippen LogP) is 2.36. The molecule has 0 bridgehead atoms. The third-order valence-electron chi connectivity index (χ3n) is 5.22. The molecule has 1 aliphatic rings. The van der Waals surface area contributed by atoms with Crippen molar-refractivity contribution in [3.05, 3.63) is 74.6 Å². The van der Waals surface area contributed by atoms with Gasteiger partial charge < -0.3 is 15.1 Å². The Labute approximate surface area is 173 Å². The quantitative estimate of drug-likeness (QED) is 0.599. The van der Waals surface area contributed by atoms with Gasteiger partial charge in [-0.3, -0.25) is 19.7 Å². The fourth-order valence-electron chi connectivity index (χ4n) is 3.23. The highest BCUT2D eigenvalue weighted by atomic mass is 19.1. The number of rotatable bonds is 5. The smallest absolute Gasteiger partial charge is 0.276 e. The Morgan fingerprint density at radius 3 is 2.33 bits per heavy atom. The molecular weight excluding hydrogens is 391 g/mol. The monoisotopic (exact) mass is 414 g/mol. The first-order valence-electron chi connectivity index (χ1n) is 9.55. The summed E-state index contributed by atoms with van der Waals surface area (Å²) in [6, 6.07) is 8.93. The molecule has 3 rings (SSSR count). The number of nitro groups is 1. The zero-order chi connectivity index (χ0) is 21.8. The standard InChI is InChI=1S/C21H23FN4O4/c1-14-18(22)11-17(12-19(14)26(29)30)20(27)23-13-15-3-5-16(6-4-15)21(28)25-9-7-24(2)8-10-25/h3-6,11-12H,7-10,13H2,1-2H3,(H,23,27). The zero-order valence-electron chi connectivity index (χ0n) is 16.9. The lowest BCUT2D eigenvalue weighted by Gasteiger charge is -2.32. The number of likely N-dealkylation sites (N-methyl/N-ethyl adjacent to an activating group) is 1. The Bertz CT molecular complexity index is 970. The number of hydrogen-bond acceptors (Lipinski definition) is 5. The first-order chi connectivity index (χ1) is 14.3. The van der Waals surface area contributed by atoms with E-state index in [1.54, 1.807) is 24.3 Å². The van der Waals surface area contributed by atoms with Gasteiger partial charge in [0.05, 0.1) is 10.5 Å². The molecule has 0 unspecified atom stereocenters. The Balaban J connectivity index is 1.62. The Kier molecular flexibility index (Phi) is 6.41. The van der Waals surface area contributed by atoms with Crippen LogP contribution in [0.25, 0.3) is 0 Å². The average Bonchev–Trinajstić information content (AvgIpc) is 2.74. The minimum atomic E-state index is -0.805. The van der Waals surface area contributed by atoms with Crippen LogP contribution in [0.15, 0.2) is 36.4 Å². The van der Waals surface area contributed by atoms with Crippen molar-refractivity contribution >= 4 is 17.5 Å². The average molecular weight is 414 g/mol. The SMILES string of the molecule is Cc1c(F)cc(C(=O)NCc2ccc(C(=O)N3CCN(C)CC3)cc2)cc1[N+](=O)[O-]. The number of benzene rings is 2. The summed E-state index contributed by atoms with van der Waals surface area (Å²) < 4.78 is 13.9. The van der Waals surface area contributed by atoms with Crippen molar-refractivity contribution in [2.24, 2.45) is 0 Å². The van der Waals surface area contributed by atoms with Crippen LogP contribution in [0.5, 0.6) is 0 Å². The van der Waals surface area contributed by atoms with Crippen LogP contribution < -0.4 is 5.32 Å². The molecule has 2 aromatic rings. The van der Waals surface area contributed by atoms with Gasteiger partial charge in [-0.15, -0.1) is 0 Å². The van der Waals surface area contributed by atoms with Gasteiger partial charge >= 0.3 is 0 Å². The van der Waals surface area contributed by atoms with Gasteiger partial charge in [0.1, 0.15) is 5.82 Å². The number of carbonyl (C=O) groups is 2. The second-order valence-corrected chi connectivity index (χ2v) is 7.33. The van der Waals surface area contributed by atoms with Crippen molar-refractivity contribution in [1.29, 1.82) is 0 Å². The van der Waals surface area contributed by atoms with Crippen LogP contribution >= 0.6 is 0 Å². The molecule has 0 aromatic heterocycles. The first-order valence-corrected chi connectivity index (χ1v) is 9.55. The highest BCUT2D eigenvalue weighted by Gasteiger charge is 2.21. The van der Waals surface area contributed by atoms with E-state index < -0.39 is 22.3 Å². The van der Waals surface area contributed by atoms with Crippen LogP contribution in [0.3, 0.4) is 0 Å². The highest BCUT2D eigenvalue weighted by molar-refractivity contribution is 5.95. The summed E-state index contributed by atoms with van der Waals surface area (Å²) in [4.78, 5) is 39.1. The number of hydrogen-bond donors (Lipinski definition) is 1. The summed E-state index contributed by atoms with van der Waals surface area (Å²) in [5.41, 5.74) is 0.655. The Morgan fingerprint density at radius 2 is 1.73 bits per heavy atom. The lowest BCUT2D eigenvalue weighted by molar-refractivity contribution is -0.385. The van der Waals surface area contributed by atoms with Crippen LogP contribution in [0.4, 0.5) is 10.1 Å². The van der Waals surface area contributed by atoms with E-state index in [1.165, 1.54) is 6.92 Å². The van der Waals surface area contributed by atoms with Crippen molar-refractivity contribution < 1.29 is 18.9 Å². The molecule has 1 fully saturated rings. The lowest BCUT2D eigenvalue weighted by atomic mass is 10.1. The van der Waals surface area contributed by atoms with Gasteiger partial charge in [-0.05, 0) is 37.7 Å². The normalized spacial score (nSPS) is 14.4. The largest absolute Gasteiger partial charge is 0.348 e. The van der Waals surface area contributed by atoms with Gasteiger partial charge in [0.15, 0.2) is 0 Å². The number of carbonyl (C=O) groups excluding carboxylic acids is 2. The van der Waals surface area contributed by atoms with Crippen molar-refractivity contribution in [2.75, 3.05) is 33.2 Å². The van der Waals surface area contributed by atoms with E-state index in [0.717, 1.165) is 30.8 Å². The summed E-state index contributed by atoms with van der Waals surface area (Å²) in [5.74, 6) is -1.45. The van der Waals surface area contributed by atoms with E-state index in [4.69, 9.17) is 0 Å². The molecule has 1 saturated heterocycles. The minimum absolute atomic E-state index is 0.0267. The fourth-order valence-corrected chi connectivity index (χ4v) is 3.23. The maximum absolute atomic E-state index is 13.9. The van der Waals surface area contributed by atoms with Gasteiger partial charge in [0, 0.05) is 49.9 Å². The summed E-state index contributed by atoms with van der Waals surface area (Å²) in [5, 5.41) is 13.6. The molecule has 8 nitrogen and oxygen atoms in total. The van der Waals surface area contributed by atoms with E-state index in [-0.39, 0.29) is 23.6 Å². The molecule has 1 heterocycles. The van der Waals surface area contributed by atoms with E-state index >= 15 is 0 Å². The molecule has 0 saturated carbocycles. The van der Waals surface area contributed by atoms with E-state index in [9.17, 15) is 24.1 Å². The lowest BCUT2D eigenvalue weighted by Crippen LogP contribution is -2.47. The van der Waals surface area contributed by atoms with Crippen molar-refractivity contribution in [3.63, 3.8) is 0 Å². The summed E-state index contributed by atoms with van der Waals surface area (Å²) in [6.07, 6.45) is 0. The molecular formula is C21H23FN4O4. The maximum atomic E-state index is 13.9. The number of nitrogens with zero attached hydrogens (tertiary/aromatic N) is 3. The van der Waals surface area contributed by atoms with Crippen LogP contribution in [0, 0.1) is 22.9 Å². The molecule has 2 aromatic carbocycles. The molecule has 0 radical (unpaired) electrons. The van der Waals surface area contributed by atoms with Crippen molar-refractivity contribution in [2.45, 2.75) is 13.5 Å². The molecule has 30 heavy (non-hydrogen) atoms. The molecule has 0 atom stereocenters. The summed E-state index contributed by atoms with van der Waals surface area (Å²) in [7, 11) is 2.02. The molecule has 0 aliphatic carbocycles. The van der Waals surface area contributed by atoms with E-state index in [1.807, 2.05) is 11.9 Å². The second-order valence-electron chi connectivity index (χ2n) is 7.33. The van der Waals surface area contributed by atoms with Crippen LogP contribution in [-0.4, -0.2) is 59.8 Å². The van der Waals surface area contributed by atoms with E-state index in [0.29, 0.717) is 18.7 Å². The van der Waals surface area contributed by atoms with Gasteiger partial charge in [0.2, 0.25) is 0 Å². The van der Waals surface area contributed by atoms with Crippen LogP contribution in [-0.2, 0) is 6.54 Å². The fraction of sp³-hybridized carbons (Fsp3) is 0.333. The topological polar surface area (TPSA) is 95.8 Å². The number of amides is 2.